The summed E-state index contributed by atoms with van der Waals surface area (Å²) in [6, 6.07) is 10.9. The number of carbonyl (C=O) groups is 1. The lowest BCUT2D eigenvalue weighted by molar-refractivity contribution is -0.206. The van der Waals surface area contributed by atoms with Gasteiger partial charge < -0.3 is 15.7 Å². The summed E-state index contributed by atoms with van der Waals surface area (Å²) in [5.41, 5.74) is 3.06. The third-order valence-electron chi connectivity index (χ3n) is 5.27. The number of nitrogens with zero attached hydrogens (tertiary/aromatic N) is 3. The molecular formula is C24H20F3N5O2. The molecule has 3 aromatic heterocycles. The molecule has 0 aliphatic rings. The Hall–Kier alpha value is -4.05. The quantitative estimate of drug-likeness (QED) is 0.387. The first-order valence-electron chi connectivity index (χ1n) is 10.2. The third kappa shape index (κ3) is 4.81. The molecule has 7 nitrogen and oxygen atoms in total. The summed E-state index contributed by atoms with van der Waals surface area (Å²) in [6.07, 6.45) is -3.06. The molecule has 0 aliphatic carbocycles. The highest BCUT2D eigenvalue weighted by Gasteiger charge is 2.39. The molecule has 1 atom stereocenters. The van der Waals surface area contributed by atoms with Crippen molar-refractivity contribution in [3.05, 3.63) is 77.9 Å². The molecular weight excluding hydrogens is 447 g/mol. The molecule has 0 fully saturated rings. The second kappa shape index (κ2) is 9.06. The second-order valence-corrected chi connectivity index (χ2v) is 7.64. The number of aromatic nitrogens is 3. The number of hydrogen-bond acceptors (Lipinski definition) is 6. The number of halogens is 3. The Bertz CT molecular complexity index is 1370. The lowest BCUT2D eigenvalue weighted by Crippen LogP contribution is -2.21. The number of amides is 1. The molecule has 3 N–H and O–H groups in total. The standard InChI is InChI=1S/C24H20F3N5O2/c1-13-3-4-17(32-23(34)20-8-14(5-6-29-20)22(33)24(25,26)27)9-18(13)15-7-16-12-31-21(28-2)10-19(16)30-11-15/h3-12,22,33H,1-2H3,(H,28,31)(H,32,34). The molecule has 1 amide bonds. The summed E-state index contributed by atoms with van der Waals surface area (Å²) in [7, 11) is 1.77. The van der Waals surface area contributed by atoms with Crippen LogP contribution in [0.2, 0.25) is 0 Å². The number of aryl methyl sites for hydroxylation is 1. The summed E-state index contributed by atoms with van der Waals surface area (Å²) in [5.74, 6) is 0.000491. The number of carbonyl (C=O) groups excluding carboxylic acids is 1. The van der Waals surface area contributed by atoms with E-state index in [4.69, 9.17) is 0 Å². The minimum Gasteiger partial charge on any atom is -0.379 e. The third-order valence-corrected chi connectivity index (χ3v) is 5.27. The van der Waals surface area contributed by atoms with Crippen LogP contribution in [0.5, 0.6) is 0 Å². The molecule has 0 saturated carbocycles. The highest BCUT2D eigenvalue weighted by Crippen LogP contribution is 2.33. The molecule has 0 bridgehead atoms. The van der Waals surface area contributed by atoms with Gasteiger partial charge in [0, 0.05) is 48.3 Å². The van der Waals surface area contributed by atoms with Crippen LogP contribution in [0.25, 0.3) is 22.0 Å². The molecule has 3 heterocycles. The van der Waals surface area contributed by atoms with Crippen LogP contribution in [-0.4, -0.2) is 39.2 Å². The summed E-state index contributed by atoms with van der Waals surface area (Å²) < 4.78 is 38.4. The number of aliphatic hydroxyl groups is 1. The molecule has 4 aromatic rings. The van der Waals surface area contributed by atoms with Crippen molar-refractivity contribution in [1.29, 1.82) is 0 Å². The Balaban J connectivity index is 1.61. The van der Waals surface area contributed by atoms with Crippen LogP contribution in [0.3, 0.4) is 0 Å². The van der Waals surface area contributed by atoms with Crippen LogP contribution in [-0.2, 0) is 0 Å². The van der Waals surface area contributed by atoms with Crippen molar-refractivity contribution in [2.45, 2.75) is 19.2 Å². The van der Waals surface area contributed by atoms with E-state index in [0.29, 0.717) is 11.5 Å². The van der Waals surface area contributed by atoms with Gasteiger partial charge in [-0.15, -0.1) is 0 Å². The predicted molar refractivity (Wildman–Crippen MR) is 122 cm³/mol. The van der Waals surface area contributed by atoms with E-state index >= 15 is 0 Å². The van der Waals surface area contributed by atoms with Crippen molar-refractivity contribution >= 4 is 28.3 Å². The molecule has 174 valence electrons. The average molecular weight is 467 g/mol. The largest absolute Gasteiger partial charge is 0.418 e. The maximum absolute atomic E-state index is 12.8. The van der Waals surface area contributed by atoms with E-state index in [2.05, 4.69) is 25.6 Å². The Morgan fingerprint density at radius 3 is 2.56 bits per heavy atom. The Morgan fingerprint density at radius 1 is 1.03 bits per heavy atom. The fraction of sp³-hybridized carbons (Fsp3) is 0.167. The van der Waals surface area contributed by atoms with Gasteiger partial charge in [-0.3, -0.25) is 14.8 Å². The summed E-state index contributed by atoms with van der Waals surface area (Å²) in [6.45, 7) is 1.91. The maximum Gasteiger partial charge on any atom is 0.418 e. The van der Waals surface area contributed by atoms with E-state index in [1.165, 1.54) is 0 Å². The summed E-state index contributed by atoms with van der Waals surface area (Å²) >= 11 is 0. The van der Waals surface area contributed by atoms with Crippen molar-refractivity contribution in [2.24, 2.45) is 0 Å². The van der Waals surface area contributed by atoms with Gasteiger partial charge in [0.25, 0.3) is 5.91 Å². The zero-order chi connectivity index (χ0) is 24.5. The first-order chi connectivity index (χ1) is 16.2. The van der Waals surface area contributed by atoms with Crippen molar-refractivity contribution < 1.29 is 23.1 Å². The van der Waals surface area contributed by atoms with Crippen LogP contribution < -0.4 is 10.6 Å². The van der Waals surface area contributed by atoms with Gasteiger partial charge in [-0.2, -0.15) is 13.2 Å². The number of nitrogens with one attached hydrogen (secondary N) is 2. The van der Waals surface area contributed by atoms with Crippen LogP contribution in [0.4, 0.5) is 24.7 Å². The van der Waals surface area contributed by atoms with Gasteiger partial charge in [0.1, 0.15) is 11.5 Å². The number of rotatable bonds is 5. The van der Waals surface area contributed by atoms with Gasteiger partial charge in [0.2, 0.25) is 0 Å². The number of anilines is 2. The van der Waals surface area contributed by atoms with Gasteiger partial charge in [0.15, 0.2) is 6.10 Å². The van der Waals surface area contributed by atoms with E-state index in [1.807, 2.05) is 25.1 Å². The van der Waals surface area contributed by atoms with E-state index in [-0.39, 0.29) is 5.69 Å². The fourth-order valence-electron chi connectivity index (χ4n) is 3.44. The zero-order valence-electron chi connectivity index (χ0n) is 18.2. The van der Waals surface area contributed by atoms with Crippen molar-refractivity contribution in [2.75, 3.05) is 17.7 Å². The molecule has 0 aliphatic heterocycles. The fourth-order valence-corrected chi connectivity index (χ4v) is 3.44. The average Bonchev–Trinajstić information content (AvgIpc) is 2.83. The number of hydrogen-bond donors (Lipinski definition) is 3. The number of alkyl halides is 3. The smallest absolute Gasteiger partial charge is 0.379 e. The minimum absolute atomic E-state index is 0.248. The molecule has 0 radical (unpaired) electrons. The van der Waals surface area contributed by atoms with Crippen LogP contribution in [0.1, 0.15) is 27.7 Å². The first-order valence-corrected chi connectivity index (χ1v) is 10.2. The highest BCUT2D eigenvalue weighted by molar-refractivity contribution is 6.03. The van der Waals surface area contributed by atoms with E-state index in [9.17, 15) is 23.1 Å². The van der Waals surface area contributed by atoms with E-state index in [1.54, 1.807) is 31.6 Å². The summed E-state index contributed by atoms with van der Waals surface area (Å²) in [5, 5.41) is 15.9. The number of aliphatic hydroxyl groups excluding tert-OH is 1. The van der Waals surface area contributed by atoms with E-state index in [0.717, 1.165) is 45.9 Å². The molecule has 4 rings (SSSR count). The summed E-state index contributed by atoms with van der Waals surface area (Å²) in [4.78, 5) is 25.3. The Labute approximate surface area is 192 Å². The van der Waals surface area contributed by atoms with Gasteiger partial charge in [0.05, 0.1) is 5.52 Å². The highest BCUT2D eigenvalue weighted by atomic mass is 19.4. The molecule has 1 aromatic carbocycles. The number of benzene rings is 1. The Morgan fingerprint density at radius 2 is 1.82 bits per heavy atom. The topological polar surface area (TPSA) is 100 Å². The van der Waals surface area contributed by atoms with Crippen LogP contribution in [0, 0.1) is 6.92 Å². The first kappa shape index (κ1) is 23.1. The van der Waals surface area contributed by atoms with Crippen molar-refractivity contribution in [1.82, 2.24) is 15.0 Å². The second-order valence-electron chi connectivity index (χ2n) is 7.64. The maximum atomic E-state index is 12.8. The molecule has 0 spiro atoms. The van der Waals surface area contributed by atoms with Crippen LogP contribution >= 0.6 is 0 Å². The van der Waals surface area contributed by atoms with Gasteiger partial charge in [-0.05, 0) is 53.9 Å². The lowest BCUT2D eigenvalue weighted by Gasteiger charge is -2.15. The lowest BCUT2D eigenvalue weighted by atomic mass is 10.00. The molecule has 0 saturated heterocycles. The Kier molecular flexibility index (Phi) is 6.16. The van der Waals surface area contributed by atoms with Crippen LogP contribution in [0.15, 0.2) is 61.1 Å². The molecule has 34 heavy (non-hydrogen) atoms. The number of fused-ring (bicyclic) bond motifs is 1. The minimum atomic E-state index is -4.85. The van der Waals surface area contributed by atoms with Crippen molar-refractivity contribution in [3.63, 3.8) is 0 Å². The molecule has 10 heteroatoms. The SMILES string of the molecule is CNc1cc2ncc(-c3cc(NC(=O)c4cc(C(O)C(F)(F)F)ccn4)ccc3C)cc2cn1. The number of pyridine rings is 3. The van der Waals surface area contributed by atoms with E-state index < -0.39 is 23.8 Å². The predicted octanol–water partition coefficient (Wildman–Crippen LogP) is 4.89. The monoisotopic (exact) mass is 467 g/mol. The molecule has 1 unspecified atom stereocenters. The normalized spacial score (nSPS) is 12.4. The van der Waals surface area contributed by atoms with Gasteiger partial charge >= 0.3 is 6.18 Å². The van der Waals surface area contributed by atoms with Crippen molar-refractivity contribution in [3.8, 4) is 11.1 Å². The zero-order valence-corrected chi connectivity index (χ0v) is 18.2. The van der Waals surface area contributed by atoms with Gasteiger partial charge in [-0.25, -0.2) is 4.98 Å². The van der Waals surface area contributed by atoms with Gasteiger partial charge in [-0.1, -0.05) is 6.07 Å².